The van der Waals surface area contributed by atoms with Crippen molar-refractivity contribution in [3.63, 3.8) is 0 Å². The van der Waals surface area contributed by atoms with Crippen LogP contribution < -0.4 is 14.5 Å². The van der Waals surface area contributed by atoms with E-state index in [9.17, 15) is 0 Å². The Hall–Kier alpha value is -0.770. The fraction of sp³-hybridized carbons (Fsp3) is 0.625. The zero-order chi connectivity index (χ0) is 14.2. The van der Waals surface area contributed by atoms with Crippen LogP contribution >= 0.6 is 11.6 Å². The Labute approximate surface area is 127 Å². The molecule has 0 aliphatic carbocycles. The topological polar surface area (TPSA) is 18.1 Å². The Morgan fingerprint density at radius 1 is 1.00 bits per heavy atom. The molecule has 0 saturated carbocycles. The van der Waals surface area contributed by atoms with Crippen molar-refractivity contribution in [2.24, 2.45) is 0 Å². The molecule has 1 aromatic rings. The van der Waals surface area contributed by atoms with Gasteiger partial charge >= 0.3 is 0 Å². The molecule has 112 valence electrons. The number of unbranched alkanes of at least 4 members (excludes halogenated alkanes) is 1. The molecule has 1 heterocycles. The SMILES string of the molecule is CC[NH+]1CC[NH+](CCCCOc2ccc(Cl)cc2)CC1. The van der Waals surface area contributed by atoms with Crippen LogP contribution in [0.15, 0.2) is 24.3 Å². The van der Waals surface area contributed by atoms with Crippen LogP contribution in [-0.2, 0) is 0 Å². The highest BCUT2D eigenvalue weighted by molar-refractivity contribution is 6.30. The van der Waals surface area contributed by atoms with Gasteiger partial charge in [0.15, 0.2) is 0 Å². The molecule has 1 fully saturated rings. The number of halogens is 1. The summed E-state index contributed by atoms with van der Waals surface area (Å²) >= 11 is 5.84. The molecule has 0 bridgehead atoms. The molecule has 1 aliphatic heterocycles. The molecule has 1 aliphatic rings. The van der Waals surface area contributed by atoms with Crippen molar-refractivity contribution in [3.8, 4) is 5.75 Å². The van der Waals surface area contributed by atoms with Gasteiger partial charge in [-0.15, -0.1) is 0 Å². The summed E-state index contributed by atoms with van der Waals surface area (Å²) in [7, 11) is 0. The van der Waals surface area contributed by atoms with Gasteiger partial charge in [-0.05, 0) is 44.0 Å². The van der Waals surface area contributed by atoms with Gasteiger partial charge in [-0.1, -0.05) is 11.6 Å². The Balaban J connectivity index is 1.52. The number of hydrogen-bond donors (Lipinski definition) is 2. The standard InChI is InChI=1S/C16H25ClN2O/c1-2-18-10-12-19(13-11-18)9-3-4-14-20-16-7-5-15(17)6-8-16/h5-8H,2-4,9-14H2,1H3/p+2. The van der Waals surface area contributed by atoms with Crippen LogP contribution in [0.2, 0.25) is 5.02 Å². The van der Waals surface area contributed by atoms with Crippen molar-refractivity contribution in [2.45, 2.75) is 19.8 Å². The average molecular weight is 299 g/mol. The molecular formula is C16H27ClN2O+2. The van der Waals surface area contributed by atoms with Crippen molar-refractivity contribution < 1.29 is 14.5 Å². The van der Waals surface area contributed by atoms with Gasteiger partial charge < -0.3 is 14.5 Å². The first-order valence-corrected chi connectivity index (χ1v) is 8.21. The summed E-state index contributed by atoms with van der Waals surface area (Å²) in [5.41, 5.74) is 0. The Kier molecular flexibility index (Phi) is 6.64. The van der Waals surface area contributed by atoms with Crippen molar-refractivity contribution in [1.29, 1.82) is 0 Å². The van der Waals surface area contributed by atoms with E-state index in [0.717, 1.165) is 23.8 Å². The smallest absolute Gasteiger partial charge is 0.127 e. The van der Waals surface area contributed by atoms with Crippen LogP contribution in [0.5, 0.6) is 5.75 Å². The fourth-order valence-electron chi connectivity index (χ4n) is 2.76. The van der Waals surface area contributed by atoms with Crippen molar-refractivity contribution >= 4 is 11.6 Å². The van der Waals surface area contributed by atoms with Gasteiger partial charge in [-0.25, -0.2) is 0 Å². The molecule has 1 saturated heterocycles. The summed E-state index contributed by atoms with van der Waals surface area (Å²) in [6, 6.07) is 7.60. The minimum atomic E-state index is 0.759. The number of piperazine rings is 1. The second-order valence-electron chi connectivity index (χ2n) is 5.61. The highest BCUT2D eigenvalue weighted by Gasteiger charge is 2.20. The van der Waals surface area contributed by atoms with Crippen molar-refractivity contribution in [1.82, 2.24) is 0 Å². The normalized spacial score (nSPS) is 22.7. The lowest BCUT2D eigenvalue weighted by molar-refractivity contribution is -1.01. The first kappa shape index (κ1) is 15.6. The van der Waals surface area contributed by atoms with Crippen LogP contribution in [-0.4, -0.2) is 45.9 Å². The van der Waals surface area contributed by atoms with E-state index >= 15 is 0 Å². The number of likely N-dealkylation sites (N-methyl/N-ethyl adjacent to an activating group) is 1. The molecule has 3 nitrogen and oxygen atoms in total. The number of quaternary nitrogens is 2. The number of hydrogen-bond acceptors (Lipinski definition) is 1. The van der Waals surface area contributed by atoms with E-state index in [1.54, 1.807) is 9.80 Å². The molecule has 0 radical (unpaired) electrons. The lowest BCUT2D eigenvalue weighted by Crippen LogP contribution is -3.28. The van der Waals surface area contributed by atoms with Crippen molar-refractivity contribution in [2.75, 3.05) is 45.9 Å². The highest BCUT2D eigenvalue weighted by Crippen LogP contribution is 2.15. The van der Waals surface area contributed by atoms with E-state index in [1.165, 1.54) is 45.7 Å². The third-order valence-electron chi connectivity index (χ3n) is 4.17. The van der Waals surface area contributed by atoms with E-state index in [0.29, 0.717) is 0 Å². The Bertz CT molecular complexity index is 375. The zero-order valence-electron chi connectivity index (χ0n) is 12.5. The summed E-state index contributed by atoms with van der Waals surface area (Å²) in [4.78, 5) is 3.54. The van der Waals surface area contributed by atoms with Crippen LogP contribution in [0.25, 0.3) is 0 Å². The van der Waals surface area contributed by atoms with Gasteiger partial charge in [0, 0.05) is 5.02 Å². The molecule has 2 N–H and O–H groups in total. The van der Waals surface area contributed by atoms with Gasteiger partial charge in [0.25, 0.3) is 0 Å². The van der Waals surface area contributed by atoms with Crippen LogP contribution in [0, 0.1) is 0 Å². The van der Waals surface area contributed by atoms with Gasteiger partial charge in [0.2, 0.25) is 0 Å². The van der Waals surface area contributed by atoms with E-state index in [1.807, 2.05) is 24.3 Å². The average Bonchev–Trinajstić information content (AvgIpc) is 2.49. The quantitative estimate of drug-likeness (QED) is 0.693. The van der Waals surface area contributed by atoms with Gasteiger partial charge in [-0.3, -0.25) is 0 Å². The molecule has 1 aromatic carbocycles. The van der Waals surface area contributed by atoms with E-state index < -0.39 is 0 Å². The van der Waals surface area contributed by atoms with Crippen LogP contribution in [0.4, 0.5) is 0 Å². The van der Waals surface area contributed by atoms with Gasteiger partial charge in [0.1, 0.15) is 31.9 Å². The third kappa shape index (κ3) is 5.31. The van der Waals surface area contributed by atoms with Crippen LogP contribution in [0.1, 0.15) is 19.8 Å². The molecule has 0 unspecified atom stereocenters. The molecule has 0 atom stereocenters. The number of rotatable bonds is 7. The summed E-state index contributed by atoms with van der Waals surface area (Å²) in [5, 5.41) is 0.759. The lowest BCUT2D eigenvalue weighted by Gasteiger charge is -2.28. The molecular weight excluding hydrogens is 272 g/mol. The molecule has 0 amide bonds. The highest BCUT2D eigenvalue weighted by atomic mass is 35.5. The molecule has 2 rings (SSSR count). The maximum Gasteiger partial charge on any atom is 0.127 e. The number of nitrogens with one attached hydrogen (secondary N) is 2. The largest absolute Gasteiger partial charge is 0.494 e. The summed E-state index contributed by atoms with van der Waals surface area (Å²) < 4.78 is 5.71. The number of ether oxygens (including phenoxy) is 1. The molecule has 20 heavy (non-hydrogen) atoms. The first-order chi connectivity index (χ1) is 9.78. The second-order valence-corrected chi connectivity index (χ2v) is 6.05. The summed E-state index contributed by atoms with van der Waals surface area (Å²) in [5.74, 6) is 0.918. The molecule has 0 spiro atoms. The maximum absolute atomic E-state index is 5.84. The predicted octanol–water partition coefficient (Wildman–Crippen LogP) is 0.302. The minimum Gasteiger partial charge on any atom is -0.494 e. The fourth-order valence-corrected chi connectivity index (χ4v) is 2.88. The van der Waals surface area contributed by atoms with E-state index in [4.69, 9.17) is 16.3 Å². The second kappa shape index (κ2) is 8.50. The third-order valence-corrected chi connectivity index (χ3v) is 4.42. The van der Waals surface area contributed by atoms with Crippen LogP contribution in [0.3, 0.4) is 0 Å². The van der Waals surface area contributed by atoms with Gasteiger partial charge in [0.05, 0.1) is 19.7 Å². The van der Waals surface area contributed by atoms with E-state index in [2.05, 4.69) is 6.92 Å². The zero-order valence-corrected chi connectivity index (χ0v) is 13.2. The molecule has 0 aromatic heterocycles. The van der Waals surface area contributed by atoms with Crippen molar-refractivity contribution in [3.05, 3.63) is 29.3 Å². The molecule has 4 heteroatoms. The Morgan fingerprint density at radius 3 is 2.30 bits per heavy atom. The summed E-state index contributed by atoms with van der Waals surface area (Å²) in [6.07, 6.45) is 2.39. The lowest BCUT2D eigenvalue weighted by atomic mass is 10.2. The first-order valence-electron chi connectivity index (χ1n) is 7.83. The maximum atomic E-state index is 5.84. The van der Waals surface area contributed by atoms with E-state index in [-0.39, 0.29) is 0 Å². The summed E-state index contributed by atoms with van der Waals surface area (Å²) in [6.45, 7) is 11.0. The predicted molar refractivity (Wildman–Crippen MR) is 83.0 cm³/mol. The minimum absolute atomic E-state index is 0.759. The Morgan fingerprint density at radius 2 is 1.65 bits per heavy atom. The monoisotopic (exact) mass is 298 g/mol. The number of benzene rings is 1. The van der Waals surface area contributed by atoms with Gasteiger partial charge in [-0.2, -0.15) is 0 Å².